The molecular formula is C19H17NO3S. The quantitative estimate of drug-likeness (QED) is 0.788. The van der Waals surface area contributed by atoms with E-state index in [4.69, 9.17) is 9.47 Å². The van der Waals surface area contributed by atoms with Crippen molar-refractivity contribution in [2.45, 2.75) is 6.92 Å². The van der Waals surface area contributed by atoms with E-state index in [1.807, 2.05) is 49.4 Å². The molecule has 0 saturated heterocycles. The average molecular weight is 339 g/mol. The van der Waals surface area contributed by atoms with Crippen LogP contribution in [0, 0.1) is 6.92 Å². The molecule has 0 N–H and O–H groups in total. The van der Waals surface area contributed by atoms with Crippen molar-refractivity contribution >= 4 is 28.8 Å². The summed E-state index contributed by atoms with van der Waals surface area (Å²) in [5, 5.41) is 0.716. The third-order valence-electron chi connectivity index (χ3n) is 3.64. The van der Waals surface area contributed by atoms with Crippen molar-refractivity contribution in [1.82, 2.24) is 0 Å². The van der Waals surface area contributed by atoms with Crippen LogP contribution in [-0.2, 0) is 4.79 Å². The van der Waals surface area contributed by atoms with Crippen LogP contribution in [0.25, 0.3) is 6.08 Å². The number of rotatable bonds is 4. The first-order chi connectivity index (χ1) is 11.6. The molecule has 2 aromatic carbocycles. The third kappa shape index (κ3) is 3.21. The Labute approximate surface area is 145 Å². The lowest BCUT2D eigenvalue weighted by molar-refractivity contribution is -0.113. The van der Waals surface area contributed by atoms with Crippen LogP contribution >= 0.6 is 11.8 Å². The van der Waals surface area contributed by atoms with E-state index in [-0.39, 0.29) is 5.91 Å². The van der Waals surface area contributed by atoms with Gasteiger partial charge in [0.15, 0.2) is 11.5 Å². The molecule has 1 heterocycles. The lowest BCUT2D eigenvalue weighted by Crippen LogP contribution is -1.94. The van der Waals surface area contributed by atoms with E-state index in [0.29, 0.717) is 21.4 Å². The first-order valence-electron chi connectivity index (χ1n) is 7.43. The van der Waals surface area contributed by atoms with E-state index in [0.717, 1.165) is 11.1 Å². The molecule has 0 atom stereocenters. The lowest BCUT2D eigenvalue weighted by atomic mass is 10.1. The number of nitrogens with zero attached hydrogens (tertiary/aromatic N) is 1. The van der Waals surface area contributed by atoms with Crippen molar-refractivity contribution in [1.29, 1.82) is 0 Å². The summed E-state index contributed by atoms with van der Waals surface area (Å²) in [6.45, 7) is 2.03. The molecule has 4 nitrogen and oxygen atoms in total. The summed E-state index contributed by atoms with van der Waals surface area (Å²) in [5.74, 6) is 0.993. The highest BCUT2D eigenvalue weighted by Crippen LogP contribution is 2.36. The zero-order chi connectivity index (χ0) is 17.1. The van der Waals surface area contributed by atoms with E-state index in [1.54, 1.807) is 20.3 Å². The Morgan fingerprint density at radius 3 is 2.46 bits per heavy atom. The van der Waals surface area contributed by atoms with Crippen LogP contribution in [0.4, 0.5) is 0 Å². The summed E-state index contributed by atoms with van der Waals surface area (Å²) in [6.07, 6.45) is 1.79. The summed E-state index contributed by atoms with van der Waals surface area (Å²) < 4.78 is 10.7. The van der Waals surface area contributed by atoms with Gasteiger partial charge in [0.1, 0.15) is 5.04 Å². The van der Waals surface area contributed by atoms with Gasteiger partial charge >= 0.3 is 0 Å². The topological polar surface area (TPSA) is 47.9 Å². The zero-order valence-corrected chi connectivity index (χ0v) is 14.5. The second kappa shape index (κ2) is 6.93. The standard InChI is InChI=1S/C19H17NO3S/c1-12-7-9-13(10-8-12)19-20-18(21)16(24-19)11-14-5-4-6-15(22-2)17(14)23-3/h4-11H,1-3H3/b16-11-. The van der Waals surface area contributed by atoms with E-state index >= 15 is 0 Å². The number of hydrogen-bond acceptors (Lipinski definition) is 4. The highest BCUT2D eigenvalue weighted by Gasteiger charge is 2.23. The van der Waals surface area contributed by atoms with Crippen molar-refractivity contribution in [3.63, 3.8) is 0 Å². The van der Waals surface area contributed by atoms with Gasteiger partial charge in [0, 0.05) is 11.1 Å². The average Bonchev–Trinajstić information content (AvgIpc) is 2.96. The van der Waals surface area contributed by atoms with Gasteiger partial charge < -0.3 is 9.47 Å². The minimum atomic E-state index is -0.236. The molecule has 0 saturated carbocycles. The third-order valence-corrected chi connectivity index (χ3v) is 4.67. The van der Waals surface area contributed by atoms with Crippen molar-refractivity contribution < 1.29 is 14.3 Å². The maximum absolute atomic E-state index is 12.2. The second-order valence-corrected chi connectivity index (χ2v) is 6.31. The minimum absolute atomic E-state index is 0.236. The molecule has 3 rings (SSSR count). The molecule has 0 radical (unpaired) electrons. The zero-order valence-electron chi connectivity index (χ0n) is 13.7. The van der Waals surface area contributed by atoms with Crippen LogP contribution < -0.4 is 9.47 Å². The molecule has 0 aliphatic carbocycles. The van der Waals surface area contributed by atoms with E-state index in [2.05, 4.69) is 4.99 Å². The summed E-state index contributed by atoms with van der Waals surface area (Å²) in [5.41, 5.74) is 2.90. The molecule has 0 spiro atoms. The molecule has 0 aromatic heterocycles. The van der Waals surface area contributed by atoms with Crippen LogP contribution in [0.5, 0.6) is 11.5 Å². The Morgan fingerprint density at radius 1 is 1.04 bits per heavy atom. The molecule has 5 heteroatoms. The number of methoxy groups -OCH3 is 2. The van der Waals surface area contributed by atoms with Gasteiger partial charge in [-0.3, -0.25) is 4.79 Å². The van der Waals surface area contributed by atoms with Gasteiger partial charge in [-0.2, -0.15) is 0 Å². The monoisotopic (exact) mass is 339 g/mol. The Bertz CT molecular complexity index is 838. The minimum Gasteiger partial charge on any atom is -0.493 e. The number of amides is 1. The van der Waals surface area contributed by atoms with Gasteiger partial charge in [-0.05, 0) is 19.1 Å². The van der Waals surface area contributed by atoms with Gasteiger partial charge in [-0.25, -0.2) is 4.99 Å². The fourth-order valence-corrected chi connectivity index (χ4v) is 3.31. The first-order valence-corrected chi connectivity index (χ1v) is 8.24. The molecule has 1 aliphatic rings. The Balaban J connectivity index is 1.91. The number of carbonyl (C=O) groups excluding carboxylic acids is 1. The molecule has 1 amide bonds. The maximum Gasteiger partial charge on any atom is 0.284 e. The molecule has 1 aliphatic heterocycles. The van der Waals surface area contributed by atoms with E-state index in [1.165, 1.54) is 17.3 Å². The SMILES string of the molecule is COc1cccc(/C=C2\SC(c3ccc(C)cc3)=NC2=O)c1OC. The number of aryl methyl sites for hydroxylation is 1. The number of para-hydroxylation sites is 1. The van der Waals surface area contributed by atoms with Crippen molar-refractivity contribution in [3.8, 4) is 11.5 Å². The van der Waals surface area contributed by atoms with Crippen molar-refractivity contribution in [3.05, 3.63) is 64.1 Å². The van der Waals surface area contributed by atoms with Crippen molar-refractivity contribution in [2.24, 2.45) is 4.99 Å². The number of hydrogen-bond donors (Lipinski definition) is 0. The molecule has 24 heavy (non-hydrogen) atoms. The Kier molecular flexibility index (Phi) is 4.71. The van der Waals surface area contributed by atoms with Crippen LogP contribution in [0.2, 0.25) is 0 Å². The van der Waals surface area contributed by atoms with Crippen LogP contribution in [0.15, 0.2) is 52.4 Å². The van der Waals surface area contributed by atoms with Gasteiger partial charge in [0.25, 0.3) is 5.91 Å². The summed E-state index contributed by atoms with van der Waals surface area (Å²) in [7, 11) is 3.17. The second-order valence-electron chi connectivity index (χ2n) is 5.28. The Morgan fingerprint density at radius 2 is 1.79 bits per heavy atom. The predicted molar refractivity (Wildman–Crippen MR) is 97.8 cm³/mol. The van der Waals surface area contributed by atoms with Gasteiger partial charge in [-0.15, -0.1) is 0 Å². The number of aliphatic imine (C=N–C) groups is 1. The first kappa shape index (κ1) is 16.3. The number of thioether (sulfide) groups is 1. The summed E-state index contributed by atoms with van der Waals surface area (Å²) in [4.78, 5) is 17.0. The molecule has 0 unspecified atom stereocenters. The highest BCUT2D eigenvalue weighted by atomic mass is 32.2. The molecular weight excluding hydrogens is 322 g/mol. The fourth-order valence-electron chi connectivity index (χ4n) is 2.40. The van der Waals surface area contributed by atoms with Gasteiger partial charge in [0.2, 0.25) is 0 Å². The van der Waals surface area contributed by atoms with Gasteiger partial charge in [0.05, 0.1) is 19.1 Å². The van der Waals surface area contributed by atoms with Crippen LogP contribution in [0.1, 0.15) is 16.7 Å². The number of carbonyl (C=O) groups is 1. The fraction of sp³-hybridized carbons (Fsp3) is 0.158. The Hall–Kier alpha value is -2.53. The van der Waals surface area contributed by atoms with E-state index < -0.39 is 0 Å². The molecule has 2 aromatic rings. The molecule has 0 bridgehead atoms. The highest BCUT2D eigenvalue weighted by molar-refractivity contribution is 8.19. The summed E-state index contributed by atoms with van der Waals surface area (Å²) in [6, 6.07) is 13.5. The predicted octanol–water partition coefficient (Wildman–Crippen LogP) is 4.07. The number of benzene rings is 2. The smallest absolute Gasteiger partial charge is 0.284 e. The normalized spacial score (nSPS) is 15.5. The van der Waals surface area contributed by atoms with Crippen LogP contribution in [0.3, 0.4) is 0 Å². The maximum atomic E-state index is 12.2. The molecule has 122 valence electrons. The van der Waals surface area contributed by atoms with Crippen molar-refractivity contribution in [2.75, 3.05) is 14.2 Å². The van der Waals surface area contributed by atoms with E-state index in [9.17, 15) is 4.79 Å². The molecule has 0 fully saturated rings. The lowest BCUT2D eigenvalue weighted by Gasteiger charge is -2.10. The number of ether oxygens (including phenoxy) is 2. The van der Waals surface area contributed by atoms with Crippen LogP contribution in [-0.4, -0.2) is 25.2 Å². The van der Waals surface area contributed by atoms with Gasteiger partial charge in [-0.1, -0.05) is 53.7 Å². The summed E-state index contributed by atoms with van der Waals surface area (Å²) >= 11 is 1.37. The largest absolute Gasteiger partial charge is 0.493 e.